The maximum atomic E-state index is 11.8. The number of hydrogen-bond donors (Lipinski definition) is 2. The molecule has 1 amide bonds. The third-order valence-electron chi connectivity index (χ3n) is 2.40. The van der Waals surface area contributed by atoms with E-state index in [2.05, 4.69) is 10.4 Å². The van der Waals surface area contributed by atoms with E-state index in [0.29, 0.717) is 18.8 Å². The van der Waals surface area contributed by atoms with Crippen molar-refractivity contribution in [1.29, 1.82) is 0 Å². The fourth-order valence-electron chi connectivity index (χ4n) is 1.38. The number of carbonyl (C=O) groups excluding carboxylic acids is 1. The third-order valence-corrected chi connectivity index (χ3v) is 2.76. The highest BCUT2D eigenvalue weighted by Crippen LogP contribution is 2.15. The monoisotopic (exact) mass is 272 g/mol. The normalized spacial score (nSPS) is 10.3. The molecule has 0 aliphatic carbocycles. The van der Waals surface area contributed by atoms with Gasteiger partial charge in [0, 0.05) is 19.5 Å². The summed E-state index contributed by atoms with van der Waals surface area (Å²) >= 11 is 5.94. The molecule has 0 saturated heterocycles. The van der Waals surface area contributed by atoms with Crippen molar-refractivity contribution in [3.63, 3.8) is 0 Å². The molecule has 0 atom stereocenters. The van der Waals surface area contributed by atoms with Gasteiger partial charge in [-0.05, 0) is 6.42 Å². The van der Waals surface area contributed by atoms with E-state index in [0.717, 1.165) is 12.8 Å². The van der Waals surface area contributed by atoms with Gasteiger partial charge in [0.05, 0.1) is 11.9 Å². The lowest BCUT2D eigenvalue weighted by Crippen LogP contribution is -2.25. The summed E-state index contributed by atoms with van der Waals surface area (Å²) in [5, 5.41) is 6.96. The zero-order valence-electron chi connectivity index (χ0n) is 10.3. The predicted octanol–water partition coefficient (Wildman–Crippen LogP) is 0.984. The number of anilines is 1. The Morgan fingerprint density at radius 2 is 2.33 bits per heavy atom. The average molecular weight is 273 g/mol. The van der Waals surface area contributed by atoms with Crippen LogP contribution in [0.15, 0.2) is 11.0 Å². The fourth-order valence-corrected chi connectivity index (χ4v) is 1.59. The number of nitrogens with one attached hydrogen (secondary N) is 1. The molecule has 0 aliphatic heterocycles. The second-order valence-corrected chi connectivity index (χ2v) is 4.28. The maximum absolute atomic E-state index is 11.8. The van der Waals surface area contributed by atoms with Gasteiger partial charge in [0.1, 0.15) is 5.02 Å². The van der Waals surface area contributed by atoms with Crippen LogP contribution >= 0.6 is 11.6 Å². The summed E-state index contributed by atoms with van der Waals surface area (Å²) in [4.78, 5) is 22.4. The number of unbranched alkanes of at least 4 members (excludes halogenated alkanes) is 1. The van der Waals surface area contributed by atoms with E-state index in [4.69, 9.17) is 17.3 Å². The number of rotatable bonds is 7. The molecule has 0 radical (unpaired) electrons. The van der Waals surface area contributed by atoms with Gasteiger partial charge in [-0.3, -0.25) is 9.59 Å². The molecule has 0 bridgehead atoms. The van der Waals surface area contributed by atoms with Crippen LogP contribution in [0.25, 0.3) is 0 Å². The SMILES string of the molecule is CCCCn1ncc(NCCC(N)=O)c(Cl)c1=O. The highest BCUT2D eigenvalue weighted by molar-refractivity contribution is 6.32. The van der Waals surface area contributed by atoms with Gasteiger partial charge >= 0.3 is 0 Å². The molecule has 0 aliphatic rings. The lowest BCUT2D eigenvalue weighted by molar-refractivity contribution is -0.117. The van der Waals surface area contributed by atoms with Crippen LogP contribution in [0.2, 0.25) is 5.02 Å². The van der Waals surface area contributed by atoms with E-state index < -0.39 is 5.91 Å². The summed E-state index contributed by atoms with van der Waals surface area (Å²) < 4.78 is 1.34. The van der Waals surface area contributed by atoms with Crippen LogP contribution in [0.3, 0.4) is 0 Å². The van der Waals surface area contributed by atoms with Crippen LogP contribution in [-0.4, -0.2) is 22.2 Å². The van der Waals surface area contributed by atoms with E-state index in [-0.39, 0.29) is 17.0 Å². The molecule has 6 nitrogen and oxygen atoms in total. The maximum Gasteiger partial charge on any atom is 0.287 e. The smallest absolute Gasteiger partial charge is 0.287 e. The lowest BCUT2D eigenvalue weighted by atomic mass is 10.3. The van der Waals surface area contributed by atoms with E-state index in [1.54, 1.807) is 0 Å². The van der Waals surface area contributed by atoms with Crippen LogP contribution in [0.4, 0.5) is 5.69 Å². The van der Waals surface area contributed by atoms with Crippen LogP contribution in [0.1, 0.15) is 26.2 Å². The number of halogens is 1. The third kappa shape index (κ3) is 4.03. The Kier molecular flexibility index (Phi) is 5.64. The Balaban J connectivity index is 2.74. The van der Waals surface area contributed by atoms with Crippen molar-refractivity contribution in [2.45, 2.75) is 32.7 Å². The molecule has 1 rings (SSSR count). The minimum atomic E-state index is -0.414. The number of amides is 1. The molecule has 0 aromatic carbocycles. The molecule has 1 aromatic heterocycles. The van der Waals surface area contributed by atoms with Crippen LogP contribution in [-0.2, 0) is 11.3 Å². The average Bonchev–Trinajstić information content (AvgIpc) is 2.33. The Morgan fingerprint density at radius 1 is 1.61 bits per heavy atom. The number of carbonyl (C=O) groups is 1. The summed E-state index contributed by atoms with van der Waals surface area (Å²) in [6, 6.07) is 0. The van der Waals surface area contributed by atoms with Gasteiger partial charge in [0.2, 0.25) is 5.91 Å². The van der Waals surface area contributed by atoms with Crippen LogP contribution in [0, 0.1) is 0 Å². The molecule has 0 fully saturated rings. The molecule has 0 saturated carbocycles. The minimum absolute atomic E-state index is 0.0885. The van der Waals surface area contributed by atoms with E-state index >= 15 is 0 Å². The lowest BCUT2D eigenvalue weighted by Gasteiger charge is -2.09. The van der Waals surface area contributed by atoms with Crippen LogP contribution < -0.4 is 16.6 Å². The zero-order valence-corrected chi connectivity index (χ0v) is 11.0. The minimum Gasteiger partial charge on any atom is -0.382 e. The second-order valence-electron chi connectivity index (χ2n) is 3.90. The first-order valence-electron chi connectivity index (χ1n) is 5.84. The van der Waals surface area contributed by atoms with Gasteiger partial charge in [0.25, 0.3) is 5.56 Å². The van der Waals surface area contributed by atoms with E-state index in [9.17, 15) is 9.59 Å². The summed E-state index contributed by atoms with van der Waals surface area (Å²) in [7, 11) is 0. The topological polar surface area (TPSA) is 90.0 Å². The fraction of sp³-hybridized carbons (Fsp3) is 0.545. The van der Waals surface area contributed by atoms with Gasteiger partial charge in [-0.1, -0.05) is 24.9 Å². The van der Waals surface area contributed by atoms with E-state index in [1.807, 2.05) is 6.92 Å². The Labute approximate surface area is 110 Å². The van der Waals surface area contributed by atoms with Gasteiger partial charge in [0.15, 0.2) is 0 Å². The largest absolute Gasteiger partial charge is 0.382 e. The summed E-state index contributed by atoms with van der Waals surface area (Å²) in [5.74, 6) is -0.414. The van der Waals surface area contributed by atoms with Crippen molar-refractivity contribution in [1.82, 2.24) is 9.78 Å². The predicted molar refractivity (Wildman–Crippen MR) is 70.7 cm³/mol. The number of aromatic nitrogens is 2. The molecule has 100 valence electrons. The molecular formula is C11H17ClN4O2. The summed E-state index contributed by atoms with van der Waals surface area (Å²) in [5.41, 5.74) is 5.11. The summed E-state index contributed by atoms with van der Waals surface area (Å²) in [6.45, 7) is 2.91. The number of nitrogens with zero attached hydrogens (tertiary/aromatic N) is 2. The van der Waals surface area contributed by atoms with Crippen molar-refractivity contribution < 1.29 is 4.79 Å². The molecule has 7 heteroatoms. The highest BCUT2D eigenvalue weighted by atomic mass is 35.5. The van der Waals surface area contributed by atoms with E-state index in [1.165, 1.54) is 10.9 Å². The zero-order chi connectivity index (χ0) is 13.5. The standard InChI is InChI=1S/C11H17ClN4O2/c1-2-3-6-16-11(18)10(12)8(7-15-16)14-5-4-9(13)17/h7,14H,2-6H2,1H3,(H2,13,17). The number of hydrogen-bond acceptors (Lipinski definition) is 4. The van der Waals surface area contributed by atoms with Gasteiger partial charge < -0.3 is 11.1 Å². The molecular weight excluding hydrogens is 256 g/mol. The van der Waals surface area contributed by atoms with Crippen molar-refractivity contribution >= 4 is 23.2 Å². The Morgan fingerprint density at radius 3 is 2.94 bits per heavy atom. The quantitative estimate of drug-likeness (QED) is 0.774. The molecule has 18 heavy (non-hydrogen) atoms. The Bertz CT molecular complexity index is 473. The highest BCUT2D eigenvalue weighted by Gasteiger charge is 2.08. The molecule has 1 heterocycles. The molecule has 3 N–H and O–H groups in total. The van der Waals surface area contributed by atoms with Crippen molar-refractivity contribution in [3.05, 3.63) is 21.6 Å². The Hall–Kier alpha value is -1.56. The number of nitrogens with two attached hydrogens (primary N) is 1. The first-order chi connectivity index (χ1) is 8.56. The van der Waals surface area contributed by atoms with Gasteiger partial charge in [-0.25, -0.2) is 4.68 Å². The number of aryl methyl sites for hydroxylation is 1. The summed E-state index contributed by atoms with van der Waals surface area (Å²) in [6.07, 6.45) is 3.51. The van der Waals surface area contributed by atoms with Crippen molar-refractivity contribution in [2.75, 3.05) is 11.9 Å². The second kappa shape index (κ2) is 7.00. The van der Waals surface area contributed by atoms with Gasteiger partial charge in [-0.15, -0.1) is 0 Å². The van der Waals surface area contributed by atoms with Crippen molar-refractivity contribution in [2.24, 2.45) is 5.73 Å². The first kappa shape index (κ1) is 14.5. The first-order valence-corrected chi connectivity index (χ1v) is 6.21. The number of primary amides is 1. The molecule has 0 spiro atoms. The molecule has 1 aromatic rings. The molecule has 0 unspecified atom stereocenters. The van der Waals surface area contributed by atoms with Crippen molar-refractivity contribution in [3.8, 4) is 0 Å². The van der Waals surface area contributed by atoms with Crippen LogP contribution in [0.5, 0.6) is 0 Å². The van der Waals surface area contributed by atoms with Gasteiger partial charge in [-0.2, -0.15) is 5.10 Å².